The minimum Gasteiger partial charge on any atom is -0.335 e. The summed E-state index contributed by atoms with van der Waals surface area (Å²) in [5.41, 5.74) is 0.150. The van der Waals surface area contributed by atoms with Gasteiger partial charge in [0.2, 0.25) is 5.95 Å². The van der Waals surface area contributed by atoms with E-state index in [0.717, 1.165) is 25.6 Å². The second-order valence-electron chi connectivity index (χ2n) is 4.48. The molecule has 0 bridgehead atoms. The zero-order valence-electron chi connectivity index (χ0n) is 9.12. The Morgan fingerprint density at radius 3 is 2.86 bits per heavy atom. The van der Waals surface area contributed by atoms with Crippen molar-refractivity contribution in [2.45, 2.75) is 19.4 Å². The lowest BCUT2D eigenvalue weighted by molar-refractivity contribution is 0.372. The van der Waals surface area contributed by atoms with Crippen LogP contribution >= 0.6 is 0 Å². The van der Waals surface area contributed by atoms with Crippen molar-refractivity contribution in [1.29, 1.82) is 0 Å². The van der Waals surface area contributed by atoms with Gasteiger partial charge < -0.3 is 14.8 Å². The van der Waals surface area contributed by atoms with Crippen LogP contribution in [-0.4, -0.2) is 34.7 Å². The maximum atomic E-state index is 4.40. The standard InChI is InChI=1S/C10H18N4/c1-10(2)8-11-4-7-14(10)9-12-5-6-13(9)3/h5-6,11H,4,7-8H2,1-3H3. The van der Waals surface area contributed by atoms with E-state index in [0.29, 0.717) is 0 Å². The predicted octanol–water partition coefficient (Wildman–Crippen LogP) is 0.608. The molecule has 1 aliphatic rings. The molecule has 2 rings (SSSR count). The summed E-state index contributed by atoms with van der Waals surface area (Å²) in [4.78, 5) is 6.76. The molecule has 1 fully saturated rings. The van der Waals surface area contributed by atoms with Gasteiger partial charge in [0.25, 0.3) is 0 Å². The Labute approximate surface area is 84.9 Å². The summed E-state index contributed by atoms with van der Waals surface area (Å²) in [5, 5.41) is 3.41. The topological polar surface area (TPSA) is 33.1 Å². The fraction of sp³-hybridized carbons (Fsp3) is 0.700. The molecule has 0 atom stereocenters. The van der Waals surface area contributed by atoms with Gasteiger partial charge >= 0.3 is 0 Å². The van der Waals surface area contributed by atoms with Crippen molar-refractivity contribution < 1.29 is 0 Å². The highest BCUT2D eigenvalue weighted by molar-refractivity contribution is 5.36. The smallest absolute Gasteiger partial charge is 0.205 e. The lowest BCUT2D eigenvalue weighted by Crippen LogP contribution is -2.58. The maximum Gasteiger partial charge on any atom is 0.205 e. The Morgan fingerprint density at radius 1 is 1.50 bits per heavy atom. The molecule has 2 heterocycles. The molecule has 14 heavy (non-hydrogen) atoms. The second kappa shape index (κ2) is 3.28. The molecule has 1 aliphatic heterocycles. The SMILES string of the molecule is Cn1ccnc1N1CCNCC1(C)C. The van der Waals surface area contributed by atoms with Crippen LogP contribution in [0.4, 0.5) is 5.95 Å². The van der Waals surface area contributed by atoms with Gasteiger partial charge in [-0.05, 0) is 13.8 Å². The molecule has 4 nitrogen and oxygen atoms in total. The van der Waals surface area contributed by atoms with Crippen LogP contribution in [0.15, 0.2) is 12.4 Å². The second-order valence-corrected chi connectivity index (χ2v) is 4.48. The van der Waals surface area contributed by atoms with Crippen molar-refractivity contribution in [3.63, 3.8) is 0 Å². The van der Waals surface area contributed by atoms with Crippen LogP contribution in [0.2, 0.25) is 0 Å². The Balaban J connectivity index is 2.28. The van der Waals surface area contributed by atoms with Crippen LogP contribution in [0, 0.1) is 0 Å². The van der Waals surface area contributed by atoms with E-state index in [1.165, 1.54) is 0 Å². The number of nitrogens with one attached hydrogen (secondary N) is 1. The van der Waals surface area contributed by atoms with Crippen molar-refractivity contribution >= 4 is 5.95 Å². The molecular weight excluding hydrogens is 176 g/mol. The van der Waals surface area contributed by atoms with E-state index < -0.39 is 0 Å². The molecule has 1 N–H and O–H groups in total. The summed E-state index contributed by atoms with van der Waals surface area (Å²) in [7, 11) is 2.04. The maximum absolute atomic E-state index is 4.40. The van der Waals surface area contributed by atoms with Crippen LogP contribution in [0.25, 0.3) is 0 Å². The molecule has 0 spiro atoms. The summed E-state index contributed by atoms with van der Waals surface area (Å²) in [6.07, 6.45) is 3.85. The van der Waals surface area contributed by atoms with Crippen molar-refractivity contribution in [2.75, 3.05) is 24.5 Å². The highest BCUT2D eigenvalue weighted by Crippen LogP contribution is 2.22. The van der Waals surface area contributed by atoms with Crippen LogP contribution in [0.3, 0.4) is 0 Å². The molecule has 1 aromatic rings. The number of hydrogen-bond donors (Lipinski definition) is 1. The van der Waals surface area contributed by atoms with E-state index in [4.69, 9.17) is 0 Å². The molecule has 0 aliphatic carbocycles. The molecule has 0 amide bonds. The summed E-state index contributed by atoms with van der Waals surface area (Å²) in [6, 6.07) is 0. The third-order valence-corrected chi connectivity index (χ3v) is 2.84. The van der Waals surface area contributed by atoms with Gasteiger partial charge in [0.15, 0.2) is 0 Å². The van der Waals surface area contributed by atoms with Gasteiger partial charge in [-0.1, -0.05) is 0 Å². The number of imidazole rings is 1. The molecule has 0 unspecified atom stereocenters. The molecule has 1 saturated heterocycles. The molecule has 0 saturated carbocycles. The van der Waals surface area contributed by atoms with Crippen molar-refractivity contribution in [2.24, 2.45) is 7.05 Å². The molecule has 1 aromatic heterocycles. The highest BCUT2D eigenvalue weighted by Gasteiger charge is 2.31. The average molecular weight is 194 g/mol. The van der Waals surface area contributed by atoms with E-state index in [2.05, 4.69) is 33.6 Å². The zero-order chi connectivity index (χ0) is 10.2. The Hall–Kier alpha value is -1.03. The quantitative estimate of drug-likeness (QED) is 0.711. The zero-order valence-corrected chi connectivity index (χ0v) is 9.12. The molecule has 0 radical (unpaired) electrons. The van der Waals surface area contributed by atoms with E-state index in [1.54, 1.807) is 0 Å². The van der Waals surface area contributed by atoms with Crippen molar-refractivity contribution in [3.05, 3.63) is 12.4 Å². The lowest BCUT2D eigenvalue weighted by atomic mass is 10.0. The highest BCUT2D eigenvalue weighted by atomic mass is 15.4. The summed E-state index contributed by atoms with van der Waals surface area (Å²) in [5.74, 6) is 1.07. The molecule has 0 aromatic carbocycles. The van der Waals surface area contributed by atoms with Gasteiger partial charge in [0.1, 0.15) is 0 Å². The van der Waals surface area contributed by atoms with E-state index >= 15 is 0 Å². The monoisotopic (exact) mass is 194 g/mol. The number of piperazine rings is 1. The van der Waals surface area contributed by atoms with Crippen LogP contribution in [0.5, 0.6) is 0 Å². The number of hydrogen-bond acceptors (Lipinski definition) is 3. The van der Waals surface area contributed by atoms with Crippen molar-refractivity contribution in [3.8, 4) is 0 Å². The first kappa shape index (κ1) is 9.52. The third kappa shape index (κ3) is 1.50. The first-order valence-corrected chi connectivity index (χ1v) is 5.07. The molecule has 4 heteroatoms. The van der Waals surface area contributed by atoms with Gasteiger partial charge in [0, 0.05) is 44.6 Å². The fourth-order valence-electron chi connectivity index (χ4n) is 1.97. The molecular formula is C10H18N4. The van der Waals surface area contributed by atoms with Gasteiger partial charge in [-0.25, -0.2) is 4.98 Å². The number of nitrogens with zero attached hydrogens (tertiary/aromatic N) is 3. The van der Waals surface area contributed by atoms with Gasteiger partial charge in [-0.2, -0.15) is 0 Å². The van der Waals surface area contributed by atoms with Gasteiger partial charge in [-0.15, -0.1) is 0 Å². The Morgan fingerprint density at radius 2 is 2.29 bits per heavy atom. The van der Waals surface area contributed by atoms with Crippen LogP contribution in [0.1, 0.15) is 13.8 Å². The third-order valence-electron chi connectivity index (χ3n) is 2.84. The summed E-state index contributed by atoms with van der Waals surface area (Å²) in [6.45, 7) is 7.57. The first-order chi connectivity index (χ1) is 6.61. The normalized spacial score (nSPS) is 21.2. The fourth-order valence-corrected chi connectivity index (χ4v) is 1.97. The average Bonchev–Trinajstić information content (AvgIpc) is 2.51. The summed E-state index contributed by atoms with van der Waals surface area (Å²) >= 11 is 0. The Kier molecular flexibility index (Phi) is 2.23. The first-order valence-electron chi connectivity index (χ1n) is 5.07. The number of anilines is 1. The Bertz CT molecular complexity index is 316. The largest absolute Gasteiger partial charge is 0.335 e. The minimum absolute atomic E-state index is 0.150. The van der Waals surface area contributed by atoms with Crippen molar-refractivity contribution in [1.82, 2.24) is 14.9 Å². The van der Waals surface area contributed by atoms with E-state index in [9.17, 15) is 0 Å². The lowest BCUT2D eigenvalue weighted by Gasteiger charge is -2.43. The van der Waals surface area contributed by atoms with E-state index in [-0.39, 0.29) is 5.54 Å². The number of rotatable bonds is 1. The van der Waals surface area contributed by atoms with Crippen LogP contribution < -0.4 is 10.2 Å². The summed E-state index contributed by atoms with van der Waals surface area (Å²) < 4.78 is 2.08. The van der Waals surface area contributed by atoms with Crippen LogP contribution in [-0.2, 0) is 7.05 Å². The minimum atomic E-state index is 0.150. The van der Waals surface area contributed by atoms with Gasteiger partial charge in [0.05, 0.1) is 0 Å². The molecule has 78 valence electrons. The van der Waals surface area contributed by atoms with Gasteiger partial charge in [-0.3, -0.25) is 0 Å². The van der Waals surface area contributed by atoms with E-state index in [1.807, 2.05) is 19.4 Å². The number of aryl methyl sites for hydroxylation is 1. The number of aromatic nitrogens is 2. The predicted molar refractivity (Wildman–Crippen MR) is 57.5 cm³/mol.